The van der Waals surface area contributed by atoms with Gasteiger partial charge in [-0.2, -0.15) is 0 Å². The smallest absolute Gasteiger partial charge is 0.240 e. The number of sulfonamides is 1. The molecule has 1 atom stereocenters. The molecule has 114 valence electrons. The molecule has 20 heavy (non-hydrogen) atoms. The number of rotatable bonds is 8. The van der Waals surface area contributed by atoms with Gasteiger partial charge in [0.2, 0.25) is 10.0 Å². The summed E-state index contributed by atoms with van der Waals surface area (Å²) >= 11 is 0. The number of nitrogens with one attached hydrogen (secondary N) is 1. The molecule has 5 heteroatoms. The van der Waals surface area contributed by atoms with E-state index in [1.54, 1.807) is 18.2 Å². The van der Waals surface area contributed by atoms with Gasteiger partial charge in [0.25, 0.3) is 0 Å². The van der Waals surface area contributed by atoms with Crippen LogP contribution in [0.4, 0.5) is 5.69 Å². The molecule has 0 aliphatic carbocycles. The number of hydrogen-bond acceptors (Lipinski definition) is 3. The maximum absolute atomic E-state index is 12.4. The first-order valence-corrected chi connectivity index (χ1v) is 8.77. The fraction of sp³-hybridized carbons (Fsp3) is 0.600. The SMILES string of the molecule is CCCCC(CCC)NS(=O)(=O)c1ccc(N)c(C)c1. The highest BCUT2D eigenvalue weighted by molar-refractivity contribution is 7.89. The van der Waals surface area contributed by atoms with Crippen molar-refractivity contribution in [3.63, 3.8) is 0 Å². The minimum absolute atomic E-state index is 0.0165. The van der Waals surface area contributed by atoms with Crippen LogP contribution in [0.2, 0.25) is 0 Å². The van der Waals surface area contributed by atoms with Crippen molar-refractivity contribution in [2.75, 3.05) is 5.73 Å². The first-order chi connectivity index (χ1) is 9.40. The fourth-order valence-corrected chi connectivity index (χ4v) is 3.55. The van der Waals surface area contributed by atoms with Gasteiger partial charge in [-0.1, -0.05) is 33.1 Å². The van der Waals surface area contributed by atoms with Crippen molar-refractivity contribution >= 4 is 15.7 Å². The second kappa shape index (κ2) is 7.64. The summed E-state index contributed by atoms with van der Waals surface area (Å²) in [6, 6.07) is 4.85. The standard InChI is InChI=1S/C15H26N2O2S/c1-4-6-8-13(7-5-2)17-20(18,19)14-9-10-15(16)12(3)11-14/h9-11,13,17H,4-8,16H2,1-3H3. The van der Waals surface area contributed by atoms with Crippen molar-refractivity contribution in [2.24, 2.45) is 0 Å². The number of benzene rings is 1. The third-order valence-corrected chi connectivity index (χ3v) is 4.93. The van der Waals surface area contributed by atoms with Gasteiger partial charge in [-0.15, -0.1) is 0 Å². The molecule has 1 aromatic rings. The van der Waals surface area contributed by atoms with Crippen LogP contribution >= 0.6 is 0 Å². The summed E-state index contributed by atoms with van der Waals surface area (Å²) in [5, 5.41) is 0. The minimum Gasteiger partial charge on any atom is -0.399 e. The van der Waals surface area contributed by atoms with Crippen LogP contribution in [0.25, 0.3) is 0 Å². The fourth-order valence-electron chi connectivity index (χ4n) is 2.16. The first kappa shape index (κ1) is 17.0. The van der Waals surface area contributed by atoms with Gasteiger partial charge in [0.15, 0.2) is 0 Å². The molecule has 0 spiro atoms. The number of unbranched alkanes of at least 4 members (excludes halogenated alkanes) is 1. The second-order valence-corrected chi connectivity index (χ2v) is 6.98. The van der Waals surface area contributed by atoms with Crippen molar-refractivity contribution in [3.05, 3.63) is 23.8 Å². The van der Waals surface area contributed by atoms with E-state index in [2.05, 4.69) is 18.6 Å². The molecule has 0 fully saturated rings. The zero-order chi connectivity index (χ0) is 15.2. The summed E-state index contributed by atoms with van der Waals surface area (Å²) < 4.78 is 27.6. The van der Waals surface area contributed by atoms with Crippen molar-refractivity contribution in [3.8, 4) is 0 Å². The average Bonchev–Trinajstić information content (AvgIpc) is 2.39. The molecule has 0 saturated heterocycles. The topological polar surface area (TPSA) is 72.2 Å². The van der Waals surface area contributed by atoms with Crippen LogP contribution in [-0.2, 0) is 10.0 Å². The Bertz CT molecular complexity index is 527. The lowest BCUT2D eigenvalue weighted by atomic mass is 10.1. The summed E-state index contributed by atoms with van der Waals surface area (Å²) in [4.78, 5) is 0.293. The maximum atomic E-state index is 12.4. The predicted molar refractivity (Wildman–Crippen MR) is 84.1 cm³/mol. The van der Waals surface area contributed by atoms with E-state index in [-0.39, 0.29) is 6.04 Å². The van der Waals surface area contributed by atoms with Gasteiger partial charge in [0, 0.05) is 11.7 Å². The van der Waals surface area contributed by atoms with Crippen LogP contribution in [0.5, 0.6) is 0 Å². The lowest BCUT2D eigenvalue weighted by Crippen LogP contribution is -2.34. The van der Waals surface area contributed by atoms with Gasteiger partial charge in [0.05, 0.1) is 4.90 Å². The van der Waals surface area contributed by atoms with Crippen LogP contribution in [0, 0.1) is 6.92 Å². The Balaban J connectivity index is 2.87. The highest BCUT2D eigenvalue weighted by Gasteiger charge is 2.19. The van der Waals surface area contributed by atoms with Gasteiger partial charge in [-0.05, 0) is 43.5 Å². The number of hydrogen-bond donors (Lipinski definition) is 2. The van der Waals surface area contributed by atoms with Crippen LogP contribution in [0.15, 0.2) is 23.1 Å². The molecule has 3 N–H and O–H groups in total. The predicted octanol–water partition coefficient (Wildman–Crippen LogP) is 3.21. The maximum Gasteiger partial charge on any atom is 0.240 e. The molecule has 0 heterocycles. The monoisotopic (exact) mass is 298 g/mol. The Labute approximate surface area is 122 Å². The second-order valence-electron chi connectivity index (χ2n) is 5.27. The van der Waals surface area contributed by atoms with Gasteiger partial charge in [0.1, 0.15) is 0 Å². The lowest BCUT2D eigenvalue weighted by Gasteiger charge is -2.18. The van der Waals surface area contributed by atoms with Crippen LogP contribution < -0.4 is 10.5 Å². The van der Waals surface area contributed by atoms with Crippen molar-refractivity contribution in [2.45, 2.75) is 63.8 Å². The van der Waals surface area contributed by atoms with E-state index in [0.29, 0.717) is 10.6 Å². The van der Waals surface area contributed by atoms with Crippen LogP contribution in [0.1, 0.15) is 51.5 Å². The summed E-state index contributed by atoms with van der Waals surface area (Å²) in [6.07, 6.45) is 4.83. The molecule has 0 saturated carbocycles. The largest absolute Gasteiger partial charge is 0.399 e. The normalized spacial score (nSPS) is 13.3. The van der Waals surface area contributed by atoms with Gasteiger partial charge < -0.3 is 5.73 Å². The molecule has 0 aromatic heterocycles. The highest BCUT2D eigenvalue weighted by atomic mass is 32.2. The van der Waals surface area contributed by atoms with E-state index in [0.717, 1.165) is 37.7 Å². The van der Waals surface area contributed by atoms with E-state index < -0.39 is 10.0 Å². The Morgan fingerprint density at radius 2 is 1.90 bits per heavy atom. The van der Waals surface area contributed by atoms with E-state index in [1.807, 2.05) is 6.92 Å². The zero-order valence-corrected chi connectivity index (χ0v) is 13.5. The van der Waals surface area contributed by atoms with Crippen molar-refractivity contribution < 1.29 is 8.42 Å². The molecule has 1 aromatic carbocycles. The summed E-state index contributed by atoms with van der Waals surface area (Å²) in [5.41, 5.74) is 7.13. The van der Waals surface area contributed by atoms with E-state index in [1.165, 1.54) is 0 Å². The van der Waals surface area contributed by atoms with Crippen molar-refractivity contribution in [1.29, 1.82) is 0 Å². The molecule has 1 unspecified atom stereocenters. The van der Waals surface area contributed by atoms with Crippen LogP contribution in [0.3, 0.4) is 0 Å². The molecule has 0 radical (unpaired) electrons. The quantitative estimate of drug-likeness (QED) is 0.724. The lowest BCUT2D eigenvalue weighted by molar-refractivity contribution is 0.483. The third kappa shape index (κ3) is 4.80. The first-order valence-electron chi connectivity index (χ1n) is 7.29. The number of anilines is 1. The van der Waals surface area contributed by atoms with Gasteiger partial charge in [-0.3, -0.25) is 0 Å². The molecule has 1 rings (SSSR count). The van der Waals surface area contributed by atoms with Gasteiger partial charge >= 0.3 is 0 Å². The van der Waals surface area contributed by atoms with E-state index >= 15 is 0 Å². The molecular weight excluding hydrogens is 272 g/mol. The molecule has 0 amide bonds. The number of nitrogens with two attached hydrogens (primary N) is 1. The molecule has 0 bridgehead atoms. The van der Waals surface area contributed by atoms with Gasteiger partial charge in [-0.25, -0.2) is 13.1 Å². The molecule has 4 nitrogen and oxygen atoms in total. The number of nitrogen functional groups attached to an aromatic ring is 1. The number of aryl methyl sites for hydroxylation is 1. The molecule has 0 aliphatic heterocycles. The summed E-state index contributed by atoms with van der Waals surface area (Å²) in [7, 11) is -3.46. The Morgan fingerprint density at radius 1 is 1.20 bits per heavy atom. The van der Waals surface area contributed by atoms with E-state index in [9.17, 15) is 8.42 Å². The van der Waals surface area contributed by atoms with Crippen LogP contribution in [-0.4, -0.2) is 14.5 Å². The Hall–Kier alpha value is -1.07. The molecular formula is C15H26N2O2S. The summed E-state index contributed by atoms with van der Waals surface area (Å²) in [6.45, 7) is 6.00. The Kier molecular flexibility index (Phi) is 6.49. The zero-order valence-electron chi connectivity index (χ0n) is 12.6. The molecule has 0 aliphatic rings. The van der Waals surface area contributed by atoms with E-state index in [4.69, 9.17) is 5.73 Å². The highest BCUT2D eigenvalue weighted by Crippen LogP contribution is 2.18. The minimum atomic E-state index is -3.46. The summed E-state index contributed by atoms with van der Waals surface area (Å²) in [5.74, 6) is 0. The third-order valence-electron chi connectivity index (χ3n) is 3.42. The Morgan fingerprint density at radius 3 is 2.45 bits per heavy atom. The average molecular weight is 298 g/mol. The van der Waals surface area contributed by atoms with Crippen molar-refractivity contribution in [1.82, 2.24) is 4.72 Å².